The summed E-state index contributed by atoms with van der Waals surface area (Å²) in [6.07, 6.45) is 2.53. The van der Waals surface area contributed by atoms with Crippen molar-refractivity contribution >= 4 is 5.78 Å². The van der Waals surface area contributed by atoms with Gasteiger partial charge in [-0.05, 0) is 59.3 Å². The van der Waals surface area contributed by atoms with Crippen LogP contribution in [0.5, 0.6) is 0 Å². The number of hydrogen-bond acceptors (Lipinski definition) is 3. The molecule has 0 spiro atoms. The Balaban J connectivity index is 4.90. The van der Waals surface area contributed by atoms with E-state index in [0.29, 0.717) is 6.61 Å². The third-order valence-electron chi connectivity index (χ3n) is 5.81. The molecule has 0 saturated carbocycles. The molecule has 3 nitrogen and oxygen atoms in total. The standard InChI is InChI=1S/C19H38O3/c1-11-19(9,15(2)20)14-16(3,4)18(7,8)22-13-12-17(5,6)21-10/h11-14H2,1-10H3. The van der Waals surface area contributed by atoms with Crippen LogP contribution in [0.1, 0.15) is 81.6 Å². The minimum absolute atomic E-state index is 0.0966. The molecule has 0 bridgehead atoms. The van der Waals surface area contributed by atoms with E-state index < -0.39 is 0 Å². The molecule has 0 fully saturated rings. The van der Waals surface area contributed by atoms with E-state index in [0.717, 1.165) is 19.3 Å². The van der Waals surface area contributed by atoms with Crippen LogP contribution in [0.15, 0.2) is 0 Å². The number of rotatable bonds is 10. The molecule has 0 aromatic rings. The molecule has 22 heavy (non-hydrogen) atoms. The summed E-state index contributed by atoms with van der Waals surface area (Å²) >= 11 is 0. The average Bonchev–Trinajstić information content (AvgIpc) is 2.37. The fourth-order valence-electron chi connectivity index (χ4n) is 2.54. The van der Waals surface area contributed by atoms with E-state index in [4.69, 9.17) is 9.47 Å². The normalized spacial score (nSPS) is 16.5. The van der Waals surface area contributed by atoms with Gasteiger partial charge in [0.1, 0.15) is 5.78 Å². The Morgan fingerprint density at radius 3 is 1.86 bits per heavy atom. The van der Waals surface area contributed by atoms with Crippen LogP contribution in [0.2, 0.25) is 0 Å². The molecule has 0 aliphatic heterocycles. The van der Waals surface area contributed by atoms with Crippen molar-refractivity contribution in [2.24, 2.45) is 10.8 Å². The summed E-state index contributed by atoms with van der Waals surface area (Å²) < 4.78 is 11.7. The van der Waals surface area contributed by atoms with E-state index in [1.165, 1.54) is 0 Å². The lowest BCUT2D eigenvalue weighted by atomic mass is 9.64. The van der Waals surface area contributed by atoms with Gasteiger partial charge in [0.05, 0.1) is 17.8 Å². The van der Waals surface area contributed by atoms with Crippen LogP contribution < -0.4 is 0 Å². The largest absolute Gasteiger partial charge is 0.379 e. The smallest absolute Gasteiger partial charge is 0.135 e. The van der Waals surface area contributed by atoms with Crippen LogP contribution in [0, 0.1) is 10.8 Å². The summed E-state index contributed by atoms with van der Waals surface area (Å²) in [5.41, 5.74) is -0.850. The van der Waals surface area contributed by atoms with E-state index in [9.17, 15) is 4.79 Å². The van der Waals surface area contributed by atoms with Gasteiger partial charge in [-0.1, -0.05) is 27.7 Å². The van der Waals surface area contributed by atoms with Crippen LogP contribution in [0.4, 0.5) is 0 Å². The molecular weight excluding hydrogens is 276 g/mol. The Bertz CT molecular complexity index is 369. The van der Waals surface area contributed by atoms with Crippen molar-refractivity contribution in [2.45, 2.75) is 92.8 Å². The molecule has 0 N–H and O–H groups in total. The van der Waals surface area contributed by atoms with Gasteiger partial charge in [0.2, 0.25) is 0 Å². The first-order valence-electron chi connectivity index (χ1n) is 8.43. The Kier molecular flexibility index (Phi) is 7.30. The number of ketones is 1. The van der Waals surface area contributed by atoms with Crippen LogP contribution in [-0.2, 0) is 14.3 Å². The molecule has 0 radical (unpaired) electrons. The van der Waals surface area contributed by atoms with Crippen molar-refractivity contribution in [3.8, 4) is 0 Å². The first-order chi connectivity index (χ1) is 9.73. The van der Waals surface area contributed by atoms with E-state index in [2.05, 4.69) is 55.4 Å². The molecular formula is C19H38O3. The molecule has 0 aromatic heterocycles. The predicted molar refractivity (Wildman–Crippen MR) is 93.2 cm³/mol. The number of ether oxygens (including phenoxy) is 2. The average molecular weight is 315 g/mol. The van der Waals surface area contributed by atoms with Gasteiger partial charge >= 0.3 is 0 Å². The summed E-state index contributed by atoms with van der Waals surface area (Å²) in [5.74, 6) is 0.263. The van der Waals surface area contributed by atoms with Crippen LogP contribution >= 0.6 is 0 Å². The van der Waals surface area contributed by atoms with E-state index in [1.54, 1.807) is 14.0 Å². The number of carbonyl (C=O) groups is 1. The van der Waals surface area contributed by atoms with Crippen molar-refractivity contribution in [1.29, 1.82) is 0 Å². The van der Waals surface area contributed by atoms with Gasteiger partial charge in [0.15, 0.2) is 0 Å². The number of hydrogen-bond donors (Lipinski definition) is 0. The molecule has 0 aliphatic rings. The van der Waals surface area contributed by atoms with Crippen LogP contribution in [0.3, 0.4) is 0 Å². The number of carbonyl (C=O) groups excluding carboxylic acids is 1. The second-order valence-electron chi connectivity index (χ2n) is 8.60. The number of methoxy groups -OCH3 is 1. The highest BCUT2D eigenvalue weighted by atomic mass is 16.5. The van der Waals surface area contributed by atoms with Gasteiger partial charge in [-0.2, -0.15) is 0 Å². The zero-order chi connectivity index (χ0) is 17.8. The molecule has 0 heterocycles. The maximum absolute atomic E-state index is 12.0. The van der Waals surface area contributed by atoms with Crippen molar-refractivity contribution < 1.29 is 14.3 Å². The van der Waals surface area contributed by atoms with Crippen LogP contribution in [-0.4, -0.2) is 30.7 Å². The molecule has 0 aliphatic carbocycles. The first-order valence-corrected chi connectivity index (χ1v) is 8.43. The lowest BCUT2D eigenvalue weighted by Crippen LogP contribution is -2.46. The van der Waals surface area contributed by atoms with E-state index in [1.807, 2.05) is 0 Å². The highest BCUT2D eigenvalue weighted by molar-refractivity contribution is 5.81. The van der Waals surface area contributed by atoms with E-state index >= 15 is 0 Å². The third-order valence-corrected chi connectivity index (χ3v) is 5.81. The Labute approximate surface area is 138 Å². The lowest BCUT2D eigenvalue weighted by molar-refractivity contribution is -0.140. The van der Waals surface area contributed by atoms with Crippen molar-refractivity contribution in [3.63, 3.8) is 0 Å². The second kappa shape index (κ2) is 7.44. The summed E-state index contributed by atoms with van der Waals surface area (Å²) in [6, 6.07) is 0. The summed E-state index contributed by atoms with van der Waals surface area (Å²) in [7, 11) is 1.73. The van der Waals surface area contributed by atoms with Gasteiger partial charge in [-0.15, -0.1) is 0 Å². The monoisotopic (exact) mass is 314 g/mol. The zero-order valence-corrected chi connectivity index (χ0v) is 16.6. The predicted octanol–water partition coefficient (Wildman–Crippen LogP) is 5.02. The molecule has 0 saturated heterocycles. The minimum Gasteiger partial charge on any atom is -0.379 e. The maximum atomic E-state index is 12.0. The molecule has 0 amide bonds. The Morgan fingerprint density at radius 1 is 1.00 bits per heavy atom. The zero-order valence-electron chi connectivity index (χ0n) is 16.6. The van der Waals surface area contributed by atoms with E-state index in [-0.39, 0.29) is 27.8 Å². The fraction of sp³-hybridized carbons (Fsp3) is 0.947. The quantitative estimate of drug-likeness (QED) is 0.568. The molecule has 0 aromatic carbocycles. The summed E-state index contributed by atoms with van der Waals surface area (Å²) in [5, 5.41) is 0. The van der Waals surface area contributed by atoms with Gasteiger partial charge in [-0.3, -0.25) is 4.79 Å². The molecule has 3 heteroatoms. The fourth-order valence-corrected chi connectivity index (χ4v) is 2.54. The van der Waals surface area contributed by atoms with Gasteiger partial charge in [-0.25, -0.2) is 0 Å². The Hall–Kier alpha value is -0.410. The number of Topliss-reactive ketones (excluding diaryl/α,β-unsaturated/α-hetero) is 1. The molecule has 0 rings (SSSR count). The summed E-state index contributed by atoms with van der Waals surface area (Å²) in [6.45, 7) is 19.3. The molecule has 1 atom stereocenters. The van der Waals surface area contributed by atoms with Crippen molar-refractivity contribution in [1.82, 2.24) is 0 Å². The summed E-state index contributed by atoms with van der Waals surface area (Å²) in [4.78, 5) is 12.0. The highest BCUT2D eigenvalue weighted by Gasteiger charge is 2.44. The van der Waals surface area contributed by atoms with Gasteiger partial charge < -0.3 is 9.47 Å². The van der Waals surface area contributed by atoms with Gasteiger partial charge in [0.25, 0.3) is 0 Å². The highest BCUT2D eigenvalue weighted by Crippen LogP contribution is 2.45. The lowest BCUT2D eigenvalue weighted by Gasteiger charge is -2.46. The van der Waals surface area contributed by atoms with Crippen LogP contribution in [0.25, 0.3) is 0 Å². The SMILES string of the molecule is CCC(C)(CC(C)(C)C(C)(C)OCCC(C)(C)OC)C(C)=O. The minimum atomic E-state index is -0.303. The second-order valence-corrected chi connectivity index (χ2v) is 8.60. The molecule has 132 valence electrons. The van der Waals surface area contributed by atoms with Crippen molar-refractivity contribution in [2.75, 3.05) is 13.7 Å². The van der Waals surface area contributed by atoms with Crippen molar-refractivity contribution in [3.05, 3.63) is 0 Å². The third kappa shape index (κ3) is 5.66. The maximum Gasteiger partial charge on any atom is 0.135 e. The Morgan fingerprint density at radius 2 is 1.50 bits per heavy atom. The first kappa shape index (κ1) is 21.6. The topological polar surface area (TPSA) is 35.5 Å². The van der Waals surface area contributed by atoms with Gasteiger partial charge in [0, 0.05) is 12.5 Å². The molecule has 1 unspecified atom stereocenters.